The Morgan fingerprint density at radius 1 is 0.886 bits per heavy atom. The third-order valence-electron chi connectivity index (χ3n) is 4.86. The van der Waals surface area contributed by atoms with Crippen LogP contribution in [0.2, 0.25) is 5.02 Å². The molecule has 182 valence electrons. The molecule has 0 unspecified atom stereocenters. The number of benzene rings is 3. The van der Waals surface area contributed by atoms with Crippen LogP contribution in [0.15, 0.2) is 77.7 Å². The first-order valence-corrected chi connectivity index (χ1v) is 11.9. The van der Waals surface area contributed by atoms with Gasteiger partial charge in [-0.3, -0.25) is 9.10 Å². The van der Waals surface area contributed by atoms with E-state index in [4.69, 9.17) is 16.3 Å². The molecule has 0 aliphatic heterocycles. The van der Waals surface area contributed by atoms with Gasteiger partial charge in [-0.1, -0.05) is 41.9 Å². The number of halogens is 1. The molecule has 35 heavy (non-hydrogen) atoms. The van der Waals surface area contributed by atoms with E-state index in [1.165, 1.54) is 49.6 Å². The molecule has 1 N–H and O–H groups in total. The van der Waals surface area contributed by atoms with E-state index in [1.807, 2.05) is 0 Å². The van der Waals surface area contributed by atoms with E-state index in [1.54, 1.807) is 30.3 Å². The van der Waals surface area contributed by atoms with Gasteiger partial charge in [-0.25, -0.2) is 18.0 Å². The van der Waals surface area contributed by atoms with Crippen molar-refractivity contribution in [1.29, 1.82) is 0 Å². The first kappa shape index (κ1) is 25.7. The number of amides is 1. The zero-order valence-corrected chi connectivity index (χ0v) is 20.3. The first-order chi connectivity index (χ1) is 16.7. The fourth-order valence-corrected chi connectivity index (χ4v) is 4.92. The molecule has 9 nitrogen and oxygen atoms in total. The van der Waals surface area contributed by atoms with Crippen molar-refractivity contribution in [2.75, 3.05) is 30.4 Å². The fourth-order valence-electron chi connectivity index (χ4n) is 3.17. The molecule has 0 aliphatic rings. The monoisotopic (exact) mass is 516 g/mol. The zero-order chi connectivity index (χ0) is 25.6. The van der Waals surface area contributed by atoms with E-state index >= 15 is 0 Å². The van der Waals surface area contributed by atoms with Crippen LogP contribution in [0.5, 0.6) is 0 Å². The van der Waals surface area contributed by atoms with Crippen LogP contribution in [0.25, 0.3) is 0 Å². The van der Waals surface area contributed by atoms with E-state index in [0.717, 1.165) is 11.4 Å². The van der Waals surface area contributed by atoms with Gasteiger partial charge in [-0.2, -0.15) is 0 Å². The summed E-state index contributed by atoms with van der Waals surface area (Å²) in [7, 11) is -1.85. The standard InChI is InChI=1S/C24H21ClN2O7S/c1-33-23(29)16-12-13-18(24(30)34-2)20(14-16)26-22(28)15-27(21-11-7-6-10-19(21)25)35(31,32)17-8-4-3-5-9-17/h3-14H,15H2,1-2H3,(H,26,28). The van der Waals surface area contributed by atoms with Crippen molar-refractivity contribution in [3.05, 3.63) is 88.9 Å². The molecular formula is C24H21ClN2O7S. The number of carbonyl (C=O) groups excluding carboxylic acids is 3. The van der Waals surface area contributed by atoms with Gasteiger partial charge in [0.1, 0.15) is 6.54 Å². The van der Waals surface area contributed by atoms with E-state index in [0.29, 0.717) is 0 Å². The summed E-state index contributed by atoms with van der Waals surface area (Å²) in [5, 5.41) is 2.61. The second-order valence-corrected chi connectivity index (χ2v) is 9.34. The minimum atomic E-state index is -4.20. The van der Waals surface area contributed by atoms with Gasteiger partial charge in [0.25, 0.3) is 10.0 Å². The average Bonchev–Trinajstić information content (AvgIpc) is 2.87. The minimum absolute atomic E-state index is 0.0382. The molecule has 3 aromatic rings. The van der Waals surface area contributed by atoms with E-state index in [-0.39, 0.29) is 32.4 Å². The first-order valence-electron chi connectivity index (χ1n) is 10.1. The average molecular weight is 517 g/mol. The Morgan fingerprint density at radius 2 is 1.51 bits per heavy atom. The molecule has 0 saturated heterocycles. The second kappa shape index (κ2) is 11.0. The lowest BCUT2D eigenvalue weighted by Gasteiger charge is -2.25. The van der Waals surface area contributed by atoms with E-state index in [2.05, 4.69) is 10.1 Å². The number of rotatable bonds is 8. The summed E-state index contributed by atoms with van der Waals surface area (Å²) in [4.78, 5) is 37.1. The Morgan fingerprint density at radius 3 is 2.14 bits per heavy atom. The van der Waals surface area contributed by atoms with E-state index < -0.39 is 34.4 Å². The highest BCUT2D eigenvalue weighted by molar-refractivity contribution is 7.92. The molecule has 0 saturated carbocycles. The van der Waals surface area contributed by atoms with E-state index in [9.17, 15) is 22.8 Å². The topological polar surface area (TPSA) is 119 Å². The number of anilines is 2. The Balaban J connectivity index is 2.01. The zero-order valence-electron chi connectivity index (χ0n) is 18.7. The number of sulfonamides is 1. The maximum atomic E-state index is 13.4. The summed E-state index contributed by atoms with van der Waals surface area (Å²) in [5.74, 6) is -2.26. The lowest BCUT2D eigenvalue weighted by molar-refractivity contribution is -0.114. The van der Waals surface area contributed by atoms with Gasteiger partial charge in [0, 0.05) is 0 Å². The van der Waals surface area contributed by atoms with Gasteiger partial charge in [-0.15, -0.1) is 0 Å². The number of esters is 2. The molecule has 3 rings (SSSR count). The highest BCUT2D eigenvalue weighted by Crippen LogP contribution is 2.30. The van der Waals surface area contributed by atoms with Gasteiger partial charge in [0.15, 0.2) is 0 Å². The van der Waals surface area contributed by atoms with Crippen molar-refractivity contribution in [1.82, 2.24) is 0 Å². The molecule has 3 aromatic carbocycles. The predicted octanol–water partition coefficient (Wildman–Crippen LogP) is 3.75. The molecule has 11 heteroatoms. The van der Waals surface area contributed by atoms with Crippen LogP contribution >= 0.6 is 11.6 Å². The number of ether oxygens (including phenoxy) is 2. The molecule has 0 heterocycles. The molecule has 0 aromatic heterocycles. The summed E-state index contributed by atoms with van der Waals surface area (Å²) in [6, 6.07) is 17.6. The quantitative estimate of drug-likeness (QED) is 0.453. The summed E-state index contributed by atoms with van der Waals surface area (Å²) in [5.41, 5.74) is 0.0599. The lowest BCUT2D eigenvalue weighted by atomic mass is 10.1. The smallest absolute Gasteiger partial charge is 0.339 e. The van der Waals surface area contributed by atoms with Crippen molar-refractivity contribution in [2.24, 2.45) is 0 Å². The maximum absolute atomic E-state index is 13.4. The van der Waals surface area contributed by atoms with Gasteiger partial charge >= 0.3 is 11.9 Å². The summed E-state index contributed by atoms with van der Waals surface area (Å²) >= 11 is 6.26. The van der Waals surface area contributed by atoms with Crippen LogP contribution in [0.3, 0.4) is 0 Å². The molecule has 0 bridgehead atoms. The largest absolute Gasteiger partial charge is 0.465 e. The van der Waals surface area contributed by atoms with Gasteiger partial charge in [0.2, 0.25) is 5.91 Å². The number of hydrogen-bond acceptors (Lipinski definition) is 7. The fraction of sp³-hybridized carbons (Fsp3) is 0.125. The van der Waals surface area contributed by atoms with Crippen molar-refractivity contribution in [3.8, 4) is 0 Å². The minimum Gasteiger partial charge on any atom is -0.465 e. The highest BCUT2D eigenvalue weighted by atomic mass is 35.5. The molecule has 1 amide bonds. The van der Waals surface area contributed by atoms with Crippen LogP contribution in [0, 0.1) is 0 Å². The normalized spacial score (nSPS) is 10.8. The van der Waals surface area contributed by atoms with Crippen LogP contribution in [-0.2, 0) is 24.3 Å². The molecule has 0 spiro atoms. The number of nitrogens with zero attached hydrogens (tertiary/aromatic N) is 1. The lowest BCUT2D eigenvalue weighted by Crippen LogP contribution is -2.38. The van der Waals surface area contributed by atoms with Crippen LogP contribution in [-0.4, -0.2) is 47.0 Å². The SMILES string of the molecule is COC(=O)c1ccc(C(=O)OC)c(NC(=O)CN(c2ccccc2Cl)S(=O)(=O)c2ccccc2)c1. The molecule has 0 atom stereocenters. The van der Waals surface area contributed by atoms with Crippen molar-refractivity contribution in [3.63, 3.8) is 0 Å². The number of para-hydroxylation sites is 1. The summed E-state index contributed by atoms with van der Waals surface area (Å²) in [6.45, 7) is -0.677. The third kappa shape index (κ3) is 5.79. The predicted molar refractivity (Wildman–Crippen MR) is 130 cm³/mol. The number of nitrogens with one attached hydrogen (secondary N) is 1. The molecule has 0 aliphatic carbocycles. The number of methoxy groups -OCH3 is 2. The van der Waals surface area contributed by atoms with Crippen LogP contribution in [0.4, 0.5) is 11.4 Å². The summed E-state index contributed by atoms with van der Waals surface area (Å²) < 4.78 is 37.1. The Labute approximate surface area is 207 Å². The van der Waals surface area contributed by atoms with Crippen LogP contribution < -0.4 is 9.62 Å². The molecular weight excluding hydrogens is 496 g/mol. The second-order valence-electron chi connectivity index (χ2n) is 7.07. The molecule has 0 radical (unpaired) electrons. The van der Waals surface area contributed by atoms with Gasteiger partial charge in [-0.05, 0) is 42.5 Å². The highest BCUT2D eigenvalue weighted by Gasteiger charge is 2.29. The Bertz CT molecular complexity index is 1360. The summed E-state index contributed by atoms with van der Waals surface area (Å²) in [6.07, 6.45) is 0. The third-order valence-corrected chi connectivity index (χ3v) is 6.95. The maximum Gasteiger partial charge on any atom is 0.339 e. The van der Waals surface area contributed by atoms with Gasteiger partial charge < -0.3 is 14.8 Å². The van der Waals surface area contributed by atoms with Crippen molar-refractivity contribution >= 4 is 50.8 Å². The Hall–Kier alpha value is -3.89. The Kier molecular flexibility index (Phi) is 8.10. The van der Waals surface area contributed by atoms with Crippen molar-refractivity contribution in [2.45, 2.75) is 4.90 Å². The molecule has 0 fully saturated rings. The number of carbonyl (C=O) groups is 3. The van der Waals surface area contributed by atoms with Gasteiger partial charge in [0.05, 0.1) is 46.6 Å². The van der Waals surface area contributed by atoms with Crippen LogP contribution in [0.1, 0.15) is 20.7 Å². The number of hydrogen-bond donors (Lipinski definition) is 1. The van der Waals surface area contributed by atoms with Crippen molar-refractivity contribution < 1.29 is 32.3 Å².